The number of pyridine rings is 1. The molecule has 1 rings (SSSR count). The Balaban J connectivity index is 2.39. The molecule has 3 nitrogen and oxygen atoms in total. The van der Waals surface area contributed by atoms with E-state index in [-0.39, 0.29) is 0 Å². The van der Waals surface area contributed by atoms with Gasteiger partial charge in [0.2, 0.25) is 0 Å². The molecule has 0 spiro atoms. The van der Waals surface area contributed by atoms with Crippen LogP contribution in [0.2, 0.25) is 0 Å². The van der Waals surface area contributed by atoms with E-state index in [0.717, 1.165) is 24.4 Å². The summed E-state index contributed by atoms with van der Waals surface area (Å²) in [6.07, 6.45) is 2.74. The molecule has 1 aromatic heterocycles. The number of hydrogen-bond acceptors (Lipinski definition) is 3. The van der Waals surface area contributed by atoms with Crippen molar-refractivity contribution < 1.29 is 4.74 Å². The summed E-state index contributed by atoms with van der Waals surface area (Å²) in [4.78, 5) is 4.53. The highest BCUT2D eigenvalue weighted by Crippen LogP contribution is 2.02. The molecule has 17 heavy (non-hydrogen) atoms. The highest BCUT2D eigenvalue weighted by Gasteiger charge is 1.99. The molecule has 94 valence electrons. The molecule has 0 aliphatic carbocycles. The van der Waals surface area contributed by atoms with Crippen LogP contribution in [0.25, 0.3) is 0 Å². The van der Waals surface area contributed by atoms with Crippen LogP contribution in [0.5, 0.6) is 0 Å². The Bertz CT molecular complexity index is 337. The molecule has 3 heteroatoms. The summed E-state index contributed by atoms with van der Waals surface area (Å²) in [6.45, 7) is 10.00. The smallest absolute Gasteiger partial charge is 0.0888 e. The summed E-state index contributed by atoms with van der Waals surface area (Å²) < 4.78 is 5.49. The topological polar surface area (TPSA) is 34.1 Å². The normalized spacial score (nSPS) is 10.8. The lowest BCUT2D eigenvalue weighted by molar-refractivity contribution is 0.122. The fourth-order valence-electron chi connectivity index (χ4n) is 1.36. The molecule has 0 aliphatic heterocycles. The molecule has 0 bridgehead atoms. The van der Waals surface area contributed by atoms with Gasteiger partial charge in [-0.25, -0.2) is 0 Å². The summed E-state index contributed by atoms with van der Waals surface area (Å²) in [7, 11) is 0. The van der Waals surface area contributed by atoms with Crippen LogP contribution < -0.4 is 5.32 Å². The fraction of sp³-hybridized carbons (Fsp3) is 0.500. The predicted octanol–water partition coefficient (Wildman–Crippen LogP) is 2.67. The van der Waals surface area contributed by atoms with Crippen molar-refractivity contribution in [1.82, 2.24) is 10.3 Å². The van der Waals surface area contributed by atoms with Gasteiger partial charge in [-0.1, -0.05) is 26.0 Å². The van der Waals surface area contributed by atoms with E-state index in [9.17, 15) is 0 Å². The van der Waals surface area contributed by atoms with Gasteiger partial charge < -0.3 is 10.1 Å². The van der Waals surface area contributed by atoms with Crippen molar-refractivity contribution in [3.8, 4) is 0 Å². The largest absolute Gasteiger partial charge is 0.375 e. The summed E-state index contributed by atoms with van der Waals surface area (Å²) >= 11 is 0. The van der Waals surface area contributed by atoms with Crippen LogP contribution in [0.15, 0.2) is 30.9 Å². The summed E-state index contributed by atoms with van der Waals surface area (Å²) in [6, 6.07) is 6.52. The van der Waals surface area contributed by atoms with Gasteiger partial charge in [-0.3, -0.25) is 4.98 Å². The van der Waals surface area contributed by atoms with Crippen molar-refractivity contribution in [3.05, 3.63) is 42.2 Å². The van der Waals surface area contributed by atoms with E-state index < -0.39 is 0 Å². The van der Waals surface area contributed by atoms with Crippen molar-refractivity contribution >= 4 is 0 Å². The summed E-state index contributed by atoms with van der Waals surface area (Å²) in [5, 5.41) is 3.35. The first-order valence-corrected chi connectivity index (χ1v) is 6.09. The first-order valence-electron chi connectivity index (χ1n) is 6.09. The minimum atomic E-state index is 0.476. The average Bonchev–Trinajstić information content (AvgIpc) is 2.33. The maximum Gasteiger partial charge on any atom is 0.0888 e. The van der Waals surface area contributed by atoms with Crippen molar-refractivity contribution in [2.75, 3.05) is 6.61 Å². The van der Waals surface area contributed by atoms with Crippen molar-refractivity contribution in [1.29, 1.82) is 0 Å². The number of nitrogens with zero attached hydrogens (tertiary/aromatic N) is 1. The first kappa shape index (κ1) is 13.9. The number of aromatic nitrogens is 1. The molecular formula is C14H22N2O. The van der Waals surface area contributed by atoms with E-state index in [1.54, 1.807) is 0 Å². The molecule has 0 saturated carbocycles. The third kappa shape index (κ3) is 6.19. The van der Waals surface area contributed by atoms with Gasteiger partial charge >= 0.3 is 0 Å². The molecule has 0 aliphatic rings. The highest BCUT2D eigenvalue weighted by molar-refractivity contribution is 5.10. The van der Waals surface area contributed by atoms with Crippen LogP contribution in [0.4, 0.5) is 0 Å². The lowest BCUT2D eigenvalue weighted by Gasteiger charge is -2.08. The Hall–Kier alpha value is -1.19. The van der Waals surface area contributed by atoms with Crippen LogP contribution in [0.3, 0.4) is 0 Å². The zero-order valence-electron chi connectivity index (χ0n) is 10.8. The van der Waals surface area contributed by atoms with Crippen LogP contribution >= 0.6 is 0 Å². The van der Waals surface area contributed by atoms with E-state index in [1.165, 1.54) is 0 Å². The third-order valence-corrected chi connectivity index (χ3v) is 2.27. The third-order valence-electron chi connectivity index (χ3n) is 2.27. The lowest BCUT2D eigenvalue weighted by atomic mass is 10.3. The van der Waals surface area contributed by atoms with Gasteiger partial charge in [0.05, 0.1) is 24.6 Å². The van der Waals surface area contributed by atoms with Gasteiger partial charge in [-0.2, -0.15) is 0 Å². The van der Waals surface area contributed by atoms with Crippen LogP contribution in [0, 0.1) is 0 Å². The predicted molar refractivity (Wildman–Crippen MR) is 70.7 cm³/mol. The van der Waals surface area contributed by atoms with Crippen molar-refractivity contribution in [2.45, 2.75) is 39.5 Å². The van der Waals surface area contributed by atoms with E-state index >= 15 is 0 Å². The standard InChI is InChI=1S/C14H22N2O/c1-4-5-9-17-11-14-8-6-7-13(16-14)10-15-12(2)3/h4,6-8,12,15H,1,5,9-11H2,2-3H3. The van der Waals surface area contributed by atoms with E-state index in [4.69, 9.17) is 4.74 Å². The fourth-order valence-corrected chi connectivity index (χ4v) is 1.36. The minimum absolute atomic E-state index is 0.476. The van der Waals surface area contributed by atoms with Gasteiger partial charge in [0.15, 0.2) is 0 Å². The van der Waals surface area contributed by atoms with Gasteiger partial charge in [0.25, 0.3) is 0 Å². The van der Waals surface area contributed by atoms with Gasteiger partial charge in [-0.15, -0.1) is 6.58 Å². The molecule has 0 fully saturated rings. The molecule has 1 aromatic rings. The maximum atomic E-state index is 5.49. The second kappa shape index (κ2) is 7.98. The second-order valence-electron chi connectivity index (χ2n) is 4.29. The van der Waals surface area contributed by atoms with Crippen LogP contribution in [-0.2, 0) is 17.9 Å². The maximum absolute atomic E-state index is 5.49. The molecule has 0 aromatic carbocycles. The quantitative estimate of drug-likeness (QED) is 0.554. The molecule has 0 amide bonds. The molecule has 0 atom stereocenters. The highest BCUT2D eigenvalue weighted by atomic mass is 16.5. The van der Waals surface area contributed by atoms with Crippen LogP contribution in [0.1, 0.15) is 31.7 Å². The first-order chi connectivity index (χ1) is 8.22. The minimum Gasteiger partial charge on any atom is -0.375 e. The van der Waals surface area contributed by atoms with Gasteiger partial charge in [0, 0.05) is 12.6 Å². The summed E-state index contributed by atoms with van der Waals surface area (Å²) in [5.74, 6) is 0. The van der Waals surface area contributed by atoms with E-state index in [2.05, 4.69) is 30.7 Å². The molecular weight excluding hydrogens is 212 g/mol. The average molecular weight is 234 g/mol. The number of rotatable bonds is 8. The van der Waals surface area contributed by atoms with E-state index in [0.29, 0.717) is 19.3 Å². The lowest BCUT2D eigenvalue weighted by Crippen LogP contribution is -2.22. The molecule has 1 N–H and O–H groups in total. The Morgan fingerprint density at radius 3 is 2.88 bits per heavy atom. The number of hydrogen-bond donors (Lipinski definition) is 1. The van der Waals surface area contributed by atoms with Crippen LogP contribution in [-0.4, -0.2) is 17.6 Å². The van der Waals surface area contributed by atoms with Crippen molar-refractivity contribution in [2.24, 2.45) is 0 Å². The summed E-state index contributed by atoms with van der Waals surface area (Å²) in [5.41, 5.74) is 2.04. The van der Waals surface area contributed by atoms with Gasteiger partial charge in [0.1, 0.15) is 0 Å². The molecule has 0 radical (unpaired) electrons. The Morgan fingerprint density at radius 2 is 2.18 bits per heavy atom. The molecule has 0 unspecified atom stereocenters. The zero-order chi connectivity index (χ0) is 12.5. The van der Waals surface area contributed by atoms with Gasteiger partial charge in [-0.05, 0) is 18.6 Å². The molecule has 1 heterocycles. The van der Waals surface area contributed by atoms with Crippen molar-refractivity contribution in [3.63, 3.8) is 0 Å². The Kier molecular flexibility index (Phi) is 6.51. The Labute approximate surface area is 104 Å². The number of nitrogens with one attached hydrogen (secondary N) is 1. The number of ether oxygens (including phenoxy) is 1. The van der Waals surface area contributed by atoms with E-state index in [1.807, 2.05) is 24.3 Å². The zero-order valence-corrected chi connectivity index (χ0v) is 10.8. The SMILES string of the molecule is C=CCCOCc1cccc(CNC(C)C)n1. The molecule has 0 saturated heterocycles. The Morgan fingerprint density at radius 1 is 1.41 bits per heavy atom. The second-order valence-corrected chi connectivity index (χ2v) is 4.29. The monoisotopic (exact) mass is 234 g/mol.